The largest absolute Gasteiger partial charge is 0.417 e. The lowest BCUT2D eigenvalue weighted by Gasteiger charge is -2.32. The Bertz CT molecular complexity index is 633. The average Bonchev–Trinajstić information content (AvgIpc) is 2.64. The molecule has 2 N–H and O–H groups in total. The van der Waals surface area contributed by atoms with Crippen LogP contribution in [0.5, 0.6) is 0 Å². The number of pyridine rings is 1. The van der Waals surface area contributed by atoms with Gasteiger partial charge in [0.25, 0.3) is 0 Å². The first kappa shape index (κ1) is 15.8. The first-order chi connectivity index (χ1) is 9.64. The van der Waals surface area contributed by atoms with E-state index in [2.05, 4.69) is 9.97 Å². The van der Waals surface area contributed by atoms with Crippen molar-refractivity contribution in [1.29, 1.82) is 0 Å². The molecule has 3 nitrogen and oxygen atoms in total. The van der Waals surface area contributed by atoms with Gasteiger partial charge < -0.3 is 10.1 Å². The molecule has 0 aromatic carbocycles. The SMILES string of the molecule is Cc1c(CC(O)(CC(C)C)C(F)(F)F)[nH]c2cnccc12. The number of rotatable bonds is 4. The van der Waals surface area contributed by atoms with E-state index in [1.807, 2.05) is 0 Å². The van der Waals surface area contributed by atoms with E-state index in [1.54, 1.807) is 39.2 Å². The highest BCUT2D eigenvalue weighted by Crippen LogP contribution is 2.39. The van der Waals surface area contributed by atoms with Crippen LogP contribution in [-0.2, 0) is 6.42 Å². The van der Waals surface area contributed by atoms with Crippen molar-refractivity contribution in [3.63, 3.8) is 0 Å². The molecule has 0 radical (unpaired) electrons. The number of nitrogens with one attached hydrogen (secondary N) is 1. The van der Waals surface area contributed by atoms with Crippen LogP contribution in [0.2, 0.25) is 0 Å². The highest BCUT2D eigenvalue weighted by molar-refractivity contribution is 5.83. The minimum atomic E-state index is -4.67. The zero-order valence-corrected chi connectivity index (χ0v) is 12.3. The molecule has 0 aliphatic carbocycles. The van der Waals surface area contributed by atoms with Crippen LogP contribution in [0.15, 0.2) is 18.5 Å². The molecular formula is C15H19F3N2O. The number of alkyl halides is 3. The summed E-state index contributed by atoms with van der Waals surface area (Å²) >= 11 is 0. The maximum atomic E-state index is 13.3. The fraction of sp³-hybridized carbons (Fsp3) is 0.533. The molecule has 0 fully saturated rings. The topological polar surface area (TPSA) is 48.9 Å². The number of hydrogen-bond acceptors (Lipinski definition) is 2. The standard InChI is InChI=1S/C15H19F3N2O/c1-9(2)6-14(21,15(16,17)18)7-12-10(3)11-4-5-19-8-13(11)20-12/h4-5,8-9,20-21H,6-7H2,1-3H3. The molecule has 0 saturated heterocycles. The fourth-order valence-corrected chi connectivity index (χ4v) is 2.67. The Labute approximate surface area is 121 Å². The van der Waals surface area contributed by atoms with E-state index in [9.17, 15) is 18.3 Å². The van der Waals surface area contributed by atoms with E-state index < -0.39 is 18.2 Å². The molecule has 0 aliphatic heterocycles. The molecule has 1 unspecified atom stereocenters. The van der Waals surface area contributed by atoms with Gasteiger partial charge in [0.2, 0.25) is 0 Å². The van der Waals surface area contributed by atoms with Gasteiger partial charge >= 0.3 is 6.18 Å². The van der Waals surface area contributed by atoms with Crippen molar-refractivity contribution < 1.29 is 18.3 Å². The fourth-order valence-electron chi connectivity index (χ4n) is 2.67. The summed E-state index contributed by atoms with van der Waals surface area (Å²) in [5.41, 5.74) is -0.920. The third kappa shape index (κ3) is 3.05. The first-order valence-corrected chi connectivity index (χ1v) is 6.84. The number of aromatic nitrogens is 2. The number of halogens is 3. The van der Waals surface area contributed by atoms with Gasteiger partial charge in [0.1, 0.15) is 0 Å². The van der Waals surface area contributed by atoms with Gasteiger partial charge in [0, 0.05) is 23.7 Å². The second-order valence-electron chi connectivity index (χ2n) is 5.95. The molecule has 0 amide bonds. The van der Waals surface area contributed by atoms with Crippen molar-refractivity contribution in [2.24, 2.45) is 5.92 Å². The number of H-pyrrole nitrogens is 1. The Hall–Kier alpha value is -1.56. The molecule has 2 rings (SSSR count). The maximum Gasteiger partial charge on any atom is 0.417 e. The number of fused-ring (bicyclic) bond motifs is 1. The molecule has 2 heterocycles. The maximum absolute atomic E-state index is 13.3. The molecule has 2 aromatic rings. The average molecular weight is 300 g/mol. The third-order valence-electron chi connectivity index (χ3n) is 3.71. The normalized spacial score (nSPS) is 15.6. The Morgan fingerprint density at radius 1 is 1.33 bits per heavy atom. The van der Waals surface area contributed by atoms with Crippen molar-refractivity contribution >= 4 is 10.9 Å². The van der Waals surface area contributed by atoms with E-state index in [1.165, 1.54) is 0 Å². The molecule has 0 bridgehead atoms. The molecule has 116 valence electrons. The summed E-state index contributed by atoms with van der Waals surface area (Å²) in [7, 11) is 0. The lowest BCUT2D eigenvalue weighted by molar-refractivity contribution is -0.265. The summed E-state index contributed by atoms with van der Waals surface area (Å²) in [6.07, 6.45) is -2.31. The van der Waals surface area contributed by atoms with Gasteiger partial charge in [-0.25, -0.2) is 0 Å². The van der Waals surface area contributed by atoms with E-state index in [-0.39, 0.29) is 12.3 Å². The summed E-state index contributed by atoms with van der Waals surface area (Å²) in [5, 5.41) is 11.0. The van der Waals surface area contributed by atoms with Crippen molar-refractivity contribution in [1.82, 2.24) is 9.97 Å². The number of aromatic amines is 1. The van der Waals surface area contributed by atoms with Crippen LogP contribution in [0.4, 0.5) is 13.2 Å². The number of nitrogens with zero attached hydrogens (tertiary/aromatic N) is 1. The van der Waals surface area contributed by atoms with Crippen molar-refractivity contribution in [3.05, 3.63) is 29.7 Å². The van der Waals surface area contributed by atoms with Gasteiger partial charge in [-0.1, -0.05) is 13.8 Å². The zero-order valence-electron chi connectivity index (χ0n) is 12.3. The van der Waals surface area contributed by atoms with Crippen LogP contribution in [0.3, 0.4) is 0 Å². The summed E-state index contributed by atoms with van der Waals surface area (Å²) in [4.78, 5) is 6.89. The molecule has 0 aliphatic rings. The summed E-state index contributed by atoms with van der Waals surface area (Å²) in [6, 6.07) is 1.75. The van der Waals surface area contributed by atoms with Gasteiger partial charge in [0.15, 0.2) is 5.60 Å². The molecule has 1 atom stereocenters. The Kier molecular flexibility index (Phi) is 4.02. The summed E-state index contributed by atoms with van der Waals surface area (Å²) in [5.74, 6) is -0.261. The number of aryl methyl sites for hydroxylation is 1. The van der Waals surface area contributed by atoms with E-state index in [0.29, 0.717) is 11.2 Å². The highest BCUT2D eigenvalue weighted by atomic mass is 19.4. The van der Waals surface area contributed by atoms with Gasteiger partial charge in [-0.3, -0.25) is 4.98 Å². The van der Waals surface area contributed by atoms with Crippen LogP contribution in [0, 0.1) is 12.8 Å². The van der Waals surface area contributed by atoms with Crippen molar-refractivity contribution in [3.8, 4) is 0 Å². The quantitative estimate of drug-likeness (QED) is 0.903. The predicted octanol–water partition coefficient (Wildman–Crippen LogP) is 3.75. The summed E-state index contributed by atoms with van der Waals surface area (Å²) in [6.45, 7) is 5.08. The monoisotopic (exact) mass is 300 g/mol. The van der Waals surface area contributed by atoms with E-state index in [4.69, 9.17) is 0 Å². The zero-order chi connectivity index (χ0) is 15.8. The lowest BCUT2D eigenvalue weighted by Crippen LogP contribution is -2.48. The molecular weight excluding hydrogens is 281 g/mol. The molecule has 2 aromatic heterocycles. The van der Waals surface area contributed by atoms with Crippen molar-refractivity contribution in [2.75, 3.05) is 0 Å². The Morgan fingerprint density at radius 3 is 2.52 bits per heavy atom. The second-order valence-corrected chi connectivity index (χ2v) is 5.95. The third-order valence-corrected chi connectivity index (χ3v) is 3.71. The predicted molar refractivity (Wildman–Crippen MR) is 75.0 cm³/mol. The van der Waals surface area contributed by atoms with Gasteiger partial charge in [-0.15, -0.1) is 0 Å². The lowest BCUT2D eigenvalue weighted by atomic mass is 9.86. The molecule has 21 heavy (non-hydrogen) atoms. The van der Waals surface area contributed by atoms with Gasteiger partial charge in [-0.05, 0) is 30.9 Å². The smallest absolute Gasteiger partial charge is 0.380 e. The Balaban J connectivity index is 2.41. The molecule has 0 saturated carbocycles. The van der Waals surface area contributed by atoms with Crippen LogP contribution in [0.25, 0.3) is 10.9 Å². The molecule has 6 heteroatoms. The van der Waals surface area contributed by atoms with Crippen LogP contribution >= 0.6 is 0 Å². The number of aliphatic hydroxyl groups is 1. The minimum absolute atomic E-state index is 0.261. The van der Waals surface area contributed by atoms with E-state index in [0.717, 1.165) is 10.9 Å². The first-order valence-electron chi connectivity index (χ1n) is 6.84. The van der Waals surface area contributed by atoms with Crippen LogP contribution < -0.4 is 0 Å². The van der Waals surface area contributed by atoms with Gasteiger partial charge in [-0.2, -0.15) is 13.2 Å². The minimum Gasteiger partial charge on any atom is -0.380 e. The summed E-state index contributed by atoms with van der Waals surface area (Å²) < 4.78 is 39.8. The van der Waals surface area contributed by atoms with Gasteiger partial charge in [0.05, 0.1) is 11.7 Å². The Morgan fingerprint density at radius 2 is 2.00 bits per heavy atom. The van der Waals surface area contributed by atoms with E-state index >= 15 is 0 Å². The highest BCUT2D eigenvalue weighted by Gasteiger charge is 2.53. The van der Waals surface area contributed by atoms with Crippen LogP contribution in [-0.4, -0.2) is 26.9 Å². The molecule has 0 spiro atoms. The van der Waals surface area contributed by atoms with Crippen LogP contribution in [0.1, 0.15) is 31.5 Å². The van der Waals surface area contributed by atoms with Crippen molar-refractivity contribution in [2.45, 2.75) is 45.4 Å². The second kappa shape index (κ2) is 5.33. The number of hydrogen-bond donors (Lipinski definition) is 2.